The van der Waals surface area contributed by atoms with Crippen molar-refractivity contribution < 1.29 is 4.79 Å². The van der Waals surface area contributed by atoms with Crippen molar-refractivity contribution in [2.75, 3.05) is 31.1 Å². The minimum atomic E-state index is 0.150. The summed E-state index contributed by atoms with van der Waals surface area (Å²) in [5.74, 6) is 1.45. The molecule has 0 bridgehead atoms. The van der Waals surface area contributed by atoms with Crippen LogP contribution in [0.2, 0.25) is 0 Å². The third-order valence-electron chi connectivity index (χ3n) is 4.19. The Morgan fingerprint density at radius 1 is 1.25 bits per heavy atom. The number of carbonyl (C=O) groups excluding carboxylic acids is 1. The maximum absolute atomic E-state index is 12.3. The van der Waals surface area contributed by atoms with Gasteiger partial charge in [-0.3, -0.25) is 4.79 Å². The van der Waals surface area contributed by atoms with Crippen LogP contribution >= 0.6 is 11.3 Å². The number of rotatable bonds is 2. The molecule has 0 saturated carbocycles. The first kappa shape index (κ1) is 12.1. The van der Waals surface area contributed by atoms with Crippen molar-refractivity contribution in [3.05, 3.63) is 17.8 Å². The highest BCUT2D eigenvalue weighted by Crippen LogP contribution is 2.32. The summed E-state index contributed by atoms with van der Waals surface area (Å²) in [6.45, 7) is 3.46. The van der Waals surface area contributed by atoms with E-state index in [1.54, 1.807) is 17.7 Å². The molecule has 4 heterocycles. The zero-order chi connectivity index (χ0) is 13.5. The number of fused-ring (bicyclic) bond motifs is 1. The predicted molar refractivity (Wildman–Crippen MR) is 78.9 cm³/mol. The summed E-state index contributed by atoms with van der Waals surface area (Å²) in [6, 6.07) is 2.06. The van der Waals surface area contributed by atoms with Crippen molar-refractivity contribution in [2.45, 2.75) is 12.8 Å². The molecule has 4 rings (SSSR count). The zero-order valence-corrected chi connectivity index (χ0v) is 12.0. The summed E-state index contributed by atoms with van der Waals surface area (Å²) in [4.78, 5) is 26.2. The third kappa shape index (κ3) is 1.86. The Hall–Kier alpha value is -1.69. The largest absolute Gasteiger partial charge is 0.354 e. The summed E-state index contributed by atoms with van der Waals surface area (Å²) < 4.78 is 0. The topological polar surface area (TPSA) is 49.3 Å². The smallest absolute Gasteiger partial charge is 0.229 e. The number of carbonyl (C=O) groups is 1. The van der Waals surface area contributed by atoms with Crippen molar-refractivity contribution in [3.63, 3.8) is 0 Å². The summed E-state index contributed by atoms with van der Waals surface area (Å²) in [5.41, 5.74) is 0. The number of aromatic nitrogens is 2. The van der Waals surface area contributed by atoms with E-state index in [-0.39, 0.29) is 5.92 Å². The number of hydrogen-bond donors (Lipinski definition) is 0. The molecule has 104 valence electrons. The van der Waals surface area contributed by atoms with Gasteiger partial charge in [0.15, 0.2) is 0 Å². The second kappa shape index (κ2) is 4.70. The first-order valence-corrected chi connectivity index (χ1v) is 7.93. The average molecular weight is 288 g/mol. The van der Waals surface area contributed by atoms with E-state index >= 15 is 0 Å². The van der Waals surface area contributed by atoms with Gasteiger partial charge in [0.05, 0.1) is 11.3 Å². The van der Waals surface area contributed by atoms with E-state index in [0.717, 1.165) is 55.1 Å². The first-order valence-electron chi connectivity index (χ1n) is 7.05. The lowest BCUT2D eigenvalue weighted by Crippen LogP contribution is -2.54. The number of anilines is 1. The van der Waals surface area contributed by atoms with Crippen molar-refractivity contribution in [3.8, 4) is 0 Å². The highest BCUT2D eigenvalue weighted by Gasteiger charge is 2.37. The van der Waals surface area contributed by atoms with Gasteiger partial charge in [-0.05, 0) is 24.3 Å². The van der Waals surface area contributed by atoms with Crippen molar-refractivity contribution >= 4 is 33.3 Å². The molecule has 5 nitrogen and oxygen atoms in total. The molecule has 2 fully saturated rings. The van der Waals surface area contributed by atoms with Gasteiger partial charge in [0.1, 0.15) is 17.0 Å². The van der Waals surface area contributed by atoms with Gasteiger partial charge in [0, 0.05) is 26.2 Å². The molecule has 0 aliphatic carbocycles. The lowest BCUT2D eigenvalue weighted by Gasteiger charge is -2.40. The SMILES string of the molecule is O=C(C1CN(c2ncnc3sccc23)C1)N1CCCC1. The molecule has 2 aliphatic heterocycles. The fourth-order valence-corrected chi connectivity index (χ4v) is 3.76. The van der Waals surface area contributed by atoms with Crippen LogP contribution in [-0.2, 0) is 4.79 Å². The fourth-order valence-electron chi connectivity index (χ4n) is 3.03. The van der Waals surface area contributed by atoms with Crippen LogP contribution in [0.5, 0.6) is 0 Å². The van der Waals surface area contributed by atoms with Crippen molar-refractivity contribution in [1.29, 1.82) is 0 Å². The van der Waals surface area contributed by atoms with Crippen LogP contribution in [0, 0.1) is 5.92 Å². The Morgan fingerprint density at radius 3 is 2.85 bits per heavy atom. The predicted octanol–water partition coefficient (Wildman–Crippen LogP) is 1.75. The van der Waals surface area contributed by atoms with Crippen LogP contribution in [-0.4, -0.2) is 47.0 Å². The number of nitrogens with zero attached hydrogens (tertiary/aromatic N) is 4. The molecule has 0 unspecified atom stereocenters. The molecule has 6 heteroatoms. The highest BCUT2D eigenvalue weighted by atomic mass is 32.1. The monoisotopic (exact) mass is 288 g/mol. The molecule has 2 aromatic heterocycles. The van der Waals surface area contributed by atoms with E-state index < -0.39 is 0 Å². The van der Waals surface area contributed by atoms with E-state index in [0.29, 0.717) is 5.91 Å². The van der Waals surface area contributed by atoms with E-state index in [1.807, 2.05) is 10.3 Å². The Kier molecular flexibility index (Phi) is 2.84. The fraction of sp³-hybridized carbons (Fsp3) is 0.500. The average Bonchev–Trinajstić information content (AvgIpc) is 3.08. The normalized spacial score (nSPS) is 19.6. The molecule has 2 aliphatic rings. The van der Waals surface area contributed by atoms with Crippen LogP contribution in [0.1, 0.15) is 12.8 Å². The molecule has 0 spiro atoms. The lowest BCUT2D eigenvalue weighted by molar-refractivity contribution is -0.135. The van der Waals surface area contributed by atoms with Gasteiger partial charge in [-0.2, -0.15) is 0 Å². The van der Waals surface area contributed by atoms with Gasteiger partial charge in [-0.25, -0.2) is 9.97 Å². The van der Waals surface area contributed by atoms with Gasteiger partial charge in [-0.1, -0.05) is 0 Å². The number of amides is 1. The summed E-state index contributed by atoms with van der Waals surface area (Å²) in [6.07, 6.45) is 3.93. The Morgan fingerprint density at radius 2 is 2.05 bits per heavy atom. The van der Waals surface area contributed by atoms with Gasteiger partial charge < -0.3 is 9.80 Å². The van der Waals surface area contributed by atoms with Crippen LogP contribution in [0.4, 0.5) is 5.82 Å². The van der Waals surface area contributed by atoms with Crippen molar-refractivity contribution in [1.82, 2.24) is 14.9 Å². The maximum Gasteiger partial charge on any atom is 0.229 e. The first-order chi connectivity index (χ1) is 9.83. The molecule has 20 heavy (non-hydrogen) atoms. The highest BCUT2D eigenvalue weighted by molar-refractivity contribution is 7.16. The van der Waals surface area contributed by atoms with Gasteiger partial charge in [0.2, 0.25) is 5.91 Å². The standard InChI is InChI=1S/C14H16N4OS/c19-14(17-4-1-2-5-17)10-7-18(8-10)12-11-3-6-20-13(11)16-9-15-12/h3,6,9-10H,1-2,4-5,7-8H2. The molecule has 2 saturated heterocycles. The van der Waals surface area contributed by atoms with E-state index in [4.69, 9.17) is 0 Å². The van der Waals surface area contributed by atoms with E-state index in [1.165, 1.54) is 0 Å². The van der Waals surface area contributed by atoms with Crippen LogP contribution < -0.4 is 4.90 Å². The maximum atomic E-state index is 12.3. The molecule has 0 N–H and O–H groups in total. The Labute approximate surface area is 121 Å². The van der Waals surface area contributed by atoms with Gasteiger partial charge in [0.25, 0.3) is 0 Å². The second-order valence-electron chi connectivity index (χ2n) is 5.47. The number of likely N-dealkylation sites (tertiary alicyclic amines) is 1. The lowest BCUT2D eigenvalue weighted by atomic mass is 9.98. The van der Waals surface area contributed by atoms with Crippen LogP contribution in [0.25, 0.3) is 10.2 Å². The second-order valence-corrected chi connectivity index (χ2v) is 6.37. The van der Waals surface area contributed by atoms with Gasteiger partial charge >= 0.3 is 0 Å². The summed E-state index contributed by atoms with van der Waals surface area (Å²) in [7, 11) is 0. The molecule has 0 aromatic carbocycles. The summed E-state index contributed by atoms with van der Waals surface area (Å²) in [5, 5.41) is 3.14. The minimum absolute atomic E-state index is 0.150. The van der Waals surface area contributed by atoms with Crippen molar-refractivity contribution in [2.24, 2.45) is 5.92 Å². The van der Waals surface area contributed by atoms with Gasteiger partial charge in [-0.15, -0.1) is 11.3 Å². The van der Waals surface area contributed by atoms with E-state index in [9.17, 15) is 4.79 Å². The quantitative estimate of drug-likeness (QED) is 0.845. The minimum Gasteiger partial charge on any atom is -0.354 e. The molecule has 0 atom stereocenters. The third-order valence-corrected chi connectivity index (χ3v) is 5.01. The molecular weight excluding hydrogens is 272 g/mol. The Balaban J connectivity index is 1.48. The van der Waals surface area contributed by atoms with E-state index in [2.05, 4.69) is 20.9 Å². The summed E-state index contributed by atoms with van der Waals surface area (Å²) >= 11 is 1.63. The molecular formula is C14H16N4OS. The van der Waals surface area contributed by atoms with Crippen LogP contribution in [0.15, 0.2) is 17.8 Å². The molecule has 0 radical (unpaired) electrons. The van der Waals surface area contributed by atoms with Crippen LogP contribution in [0.3, 0.4) is 0 Å². The molecule has 1 amide bonds. The zero-order valence-electron chi connectivity index (χ0n) is 11.2. The Bertz CT molecular complexity index is 643. The molecule has 2 aromatic rings. The number of hydrogen-bond acceptors (Lipinski definition) is 5. The number of thiophene rings is 1.